The van der Waals surface area contributed by atoms with E-state index in [0.29, 0.717) is 23.9 Å². The number of unbranched alkanes of at least 4 members (excludes halogenated alkanes) is 34. The molecular weight excluding hydrogens is 924 g/mol. The highest BCUT2D eigenvalue weighted by Gasteiger charge is 2.24. The summed E-state index contributed by atoms with van der Waals surface area (Å²) in [5.74, 6) is -0.161. The van der Waals surface area contributed by atoms with Crippen LogP contribution in [0.25, 0.3) is 0 Å². The van der Waals surface area contributed by atoms with E-state index in [1.54, 1.807) is 0 Å². The Morgan fingerprint density at radius 1 is 0.493 bits per heavy atom. The Morgan fingerprint density at radius 2 is 0.836 bits per heavy atom. The molecule has 0 rings (SSSR count). The molecule has 0 aromatic heterocycles. The van der Waals surface area contributed by atoms with Gasteiger partial charge in [-0.3, -0.25) is 9.36 Å². The largest absolute Gasteiger partial charge is 0.756 e. The Hall–Kier alpha value is -1.80. The number of carbonyl (C=O) groups is 1. The third-order valence-electron chi connectivity index (χ3n) is 14.0. The van der Waals surface area contributed by atoms with E-state index in [-0.39, 0.29) is 19.1 Å². The molecule has 0 heterocycles. The van der Waals surface area contributed by atoms with Crippen LogP contribution in [-0.2, 0) is 18.4 Å². The fourth-order valence-electron chi connectivity index (χ4n) is 9.19. The van der Waals surface area contributed by atoms with Crippen LogP contribution < -0.4 is 10.2 Å². The van der Waals surface area contributed by atoms with Gasteiger partial charge in [0.25, 0.3) is 7.82 Å². The number of phosphoric ester groups is 1. The van der Waals surface area contributed by atoms with Crippen molar-refractivity contribution in [2.24, 2.45) is 0 Å². The first-order valence-electron chi connectivity index (χ1n) is 31.1. The maximum absolute atomic E-state index is 13.0. The third kappa shape index (κ3) is 57.7. The summed E-state index contributed by atoms with van der Waals surface area (Å²) in [4.78, 5) is 25.5. The molecule has 0 bridgehead atoms. The predicted molar refractivity (Wildman–Crippen MR) is 316 cm³/mol. The maximum atomic E-state index is 13.0. The number of quaternary nitrogens is 1. The molecule has 3 unspecified atom stereocenters. The second-order valence-electron chi connectivity index (χ2n) is 22.4. The molecule has 9 heteroatoms. The summed E-state index contributed by atoms with van der Waals surface area (Å²) in [7, 11) is 1.31. The number of allylic oxidation sites excluding steroid dienone is 10. The maximum Gasteiger partial charge on any atom is 0.268 e. The predicted octanol–water partition coefficient (Wildman–Crippen LogP) is 18.6. The fourth-order valence-corrected chi connectivity index (χ4v) is 9.91. The third-order valence-corrected chi connectivity index (χ3v) is 15.0. The summed E-state index contributed by atoms with van der Waals surface area (Å²) in [6.45, 7) is 4.63. The molecule has 0 saturated carbocycles. The first kappa shape index (κ1) is 71.2. The lowest BCUT2D eigenvalue weighted by Gasteiger charge is -2.30. The lowest BCUT2D eigenvalue weighted by molar-refractivity contribution is -0.870. The van der Waals surface area contributed by atoms with Gasteiger partial charge in [-0.25, -0.2) is 0 Å². The van der Waals surface area contributed by atoms with Crippen molar-refractivity contribution in [2.45, 2.75) is 302 Å². The molecule has 3 atom stereocenters. The molecule has 1 amide bonds. The van der Waals surface area contributed by atoms with Crippen molar-refractivity contribution in [1.82, 2.24) is 5.32 Å². The van der Waals surface area contributed by atoms with Gasteiger partial charge in [0.05, 0.1) is 39.9 Å². The van der Waals surface area contributed by atoms with Gasteiger partial charge in [0.2, 0.25) is 5.91 Å². The Bertz CT molecular complexity index is 1370. The molecule has 428 valence electrons. The van der Waals surface area contributed by atoms with Crippen LogP contribution in [-0.4, -0.2) is 68.5 Å². The van der Waals surface area contributed by atoms with Gasteiger partial charge in [0, 0.05) is 6.42 Å². The molecular formula is C64H121N2O6P. The number of likely N-dealkylation sites (N-methyl/N-ethyl adjacent to an activating group) is 1. The smallest absolute Gasteiger partial charge is 0.268 e. The van der Waals surface area contributed by atoms with Gasteiger partial charge in [0.15, 0.2) is 0 Å². The Balaban J connectivity index is 3.93. The normalized spacial score (nSPS) is 14.2. The minimum atomic E-state index is -4.57. The fraction of sp³-hybridized carbons (Fsp3) is 0.828. The SMILES string of the molecule is CC/C=C\C/C=C\C/C=C\C/C=C\C/C=C\CCCCCCCCCCCCCCCCCCCCCCCC(=O)NC(COP(=O)([O-])OCC[N+](C)(C)C)C(O)CCCCCCCCCCCCCCCC. The zero-order valence-corrected chi connectivity index (χ0v) is 49.7. The van der Waals surface area contributed by atoms with E-state index in [4.69, 9.17) is 9.05 Å². The minimum absolute atomic E-state index is 0.0130. The Kier molecular flexibility index (Phi) is 53.6. The number of amides is 1. The van der Waals surface area contributed by atoms with Crippen LogP contribution in [0.1, 0.15) is 290 Å². The monoisotopic (exact) mass is 1040 g/mol. The van der Waals surface area contributed by atoms with Crippen molar-refractivity contribution < 1.29 is 32.9 Å². The number of carbonyl (C=O) groups excluding carboxylic acids is 1. The molecule has 0 aromatic rings. The van der Waals surface area contributed by atoms with Gasteiger partial charge in [-0.2, -0.15) is 0 Å². The second-order valence-corrected chi connectivity index (χ2v) is 23.8. The Morgan fingerprint density at radius 3 is 1.22 bits per heavy atom. The lowest BCUT2D eigenvalue weighted by Crippen LogP contribution is -2.46. The number of rotatable bonds is 57. The van der Waals surface area contributed by atoms with E-state index in [0.717, 1.165) is 70.6 Å². The first-order chi connectivity index (χ1) is 35.5. The van der Waals surface area contributed by atoms with Gasteiger partial charge >= 0.3 is 0 Å². The van der Waals surface area contributed by atoms with E-state index in [2.05, 4.69) is 79.9 Å². The second kappa shape index (κ2) is 55.0. The highest BCUT2D eigenvalue weighted by molar-refractivity contribution is 7.45. The van der Waals surface area contributed by atoms with Gasteiger partial charge in [-0.15, -0.1) is 0 Å². The van der Waals surface area contributed by atoms with Crippen molar-refractivity contribution in [3.63, 3.8) is 0 Å². The van der Waals surface area contributed by atoms with Crippen LogP contribution in [0.3, 0.4) is 0 Å². The molecule has 0 aliphatic heterocycles. The summed E-state index contributed by atoms with van der Waals surface area (Å²) in [6.07, 6.45) is 74.2. The van der Waals surface area contributed by atoms with E-state index in [1.807, 2.05) is 21.1 Å². The highest BCUT2D eigenvalue weighted by Crippen LogP contribution is 2.38. The van der Waals surface area contributed by atoms with Crippen LogP contribution >= 0.6 is 7.82 Å². The number of nitrogens with zero attached hydrogens (tertiary/aromatic N) is 1. The number of hydrogen-bond donors (Lipinski definition) is 2. The van der Waals surface area contributed by atoms with Crippen molar-refractivity contribution in [2.75, 3.05) is 40.9 Å². The molecule has 0 saturated heterocycles. The molecule has 0 aliphatic rings. The molecule has 0 aromatic carbocycles. The number of phosphoric acid groups is 1. The number of nitrogens with one attached hydrogen (secondary N) is 1. The average Bonchev–Trinajstić information content (AvgIpc) is 3.35. The summed E-state index contributed by atoms with van der Waals surface area (Å²) >= 11 is 0. The zero-order chi connectivity index (χ0) is 53.5. The molecule has 0 spiro atoms. The minimum Gasteiger partial charge on any atom is -0.756 e. The Labute approximate surface area is 453 Å². The van der Waals surface area contributed by atoms with Crippen molar-refractivity contribution in [1.29, 1.82) is 0 Å². The zero-order valence-electron chi connectivity index (χ0n) is 48.8. The summed E-state index contributed by atoms with van der Waals surface area (Å²) in [5.41, 5.74) is 0. The van der Waals surface area contributed by atoms with E-state index < -0.39 is 20.0 Å². The van der Waals surface area contributed by atoms with E-state index >= 15 is 0 Å². The van der Waals surface area contributed by atoms with Gasteiger partial charge in [-0.05, 0) is 57.8 Å². The average molecular weight is 1050 g/mol. The lowest BCUT2D eigenvalue weighted by atomic mass is 10.0. The standard InChI is InChI=1S/C64H121N2O6P/c1-6-8-10-12-14-16-18-20-22-23-24-25-26-27-28-29-30-31-32-33-34-35-36-37-38-39-40-41-42-43-44-46-48-50-52-54-56-58-64(68)65-62(61-72-73(69,70)71-60-59-66(3,4)5)63(67)57-55-53-51-49-47-45-21-19-17-15-13-11-9-7-2/h8,10,14,16,20,22,24-25,27-28,62-63,67H,6-7,9,11-13,15,17-19,21,23,26,29-61H2,1-5H3,(H-,65,68,69,70)/b10-8-,16-14-,22-20-,25-24-,28-27-. The molecule has 2 N–H and O–H groups in total. The topological polar surface area (TPSA) is 108 Å². The van der Waals surface area contributed by atoms with E-state index in [1.165, 1.54) is 193 Å². The van der Waals surface area contributed by atoms with Crippen LogP contribution in [0, 0.1) is 0 Å². The van der Waals surface area contributed by atoms with E-state index in [9.17, 15) is 19.4 Å². The number of hydrogen-bond acceptors (Lipinski definition) is 6. The van der Waals surface area contributed by atoms with Crippen LogP contribution in [0.15, 0.2) is 60.8 Å². The molecule has 8 nitrogen and oxygen atoms in total. The first-order valence-corrected chi connectivity index (χ1v) is 32.6. The van der Waals surface area contributed by atoms with Crippen molar-refractivity contribution in [3.05, 3.63) is 60.8 Å². The summed E-state index contributed by atoms with van der Waals surface area (Å²) in [6, 6.07) is -0.800. The highest BCUT2D eigenvalue weighted by atomic mass is 31.2. The summed E-state index contributed by atoms with van der Waals surface area (Å²) < 4.78 is 23.4. The molecule has 0 radical (unpaired) electrons. The van der Waals surface area contributed by atoms with Gasteiger partial charge in [-0.1, -0.05) is 286 Å². The molecule has 0 fully saturated rings. The van der Waals surface area contributed by atoms with Gasteiger partial charge in [0.1, 0.15) is 13.2 Å². The number of aliphatic hydroxyl groups excluding tert-OH is 1. The van der Waals surface area contributed by atoms with Crippen LogP contribution in [0.5, 0.6) is 0 Å². The quantitative estimate of drug-likeness (QED) is 0.0272. The van der Waals surface area contributed by atoms with Crippen molar-refractivity contribution >= 4 is 13.7 Å². The van der Waals surface area contributed by atoms with Gasteiger partial charge < -0.3 is 28.8 Å². The van der Waals surface area contributed by atoms with Crippen LogP contribution in [0.2, 0.25) is 0 Å². The van der Waals surface area contributed by atoms with Crippen molar-refractivity contribution in [3.8, 4) is 0 Å². The molecule has 73 heavy (non-hydrogen) atoms. The molecule has 0 aliphatic carbocycles. The number of aliphatic hydroxyl groups is 1. The summed E-state index contributed by atoms with van der Waals surface area (Å²) in [5, 5.41) is 14.0. The van der Waals surface area contributed by atoms with Crippen LogP contribution in [0.4, 0.5) is 0 Å².